The quantitative estimate of drug-likeness (QED) is 0.655. The number of aromatic nitrogens is 2. The van der Waals surface area contributed by atoms with Crippen LogP contribution in [0.25, 0.3) is 0 Å². The van der Waals surface area contributed by atoms with Crippen molar-refractivity contribution in [3.63, 3.8) is 0 Å². The number of hydrazone groups is 1. The molecule has 0 radical (unpaired) electrons. The standard InChI is InChI=1S/C12H10ClN5O/c13-9-3-1-8(2-4-9)7-17-18-12(19)10-11(14)16-6-5-15-10/h1-7H,(H2,14,16)(H,18,19)/b17-7-. The summed E-state index contributed by atoms with van der Waals surface area (Å²) >= 11 is 5.75. The Balaban J connectivity index is 2.01. The van der Waals surface area contributed by atoms with Gasteiger partial charge in [0.25, 0.3) is 5.91 Å². The fourth-order valence-electron chi connectivity index (χ4n) is 1.29. The number of carbonyl (C=O) groups excluding carboxylic acids is 1. The number of nitrogen functional groups attached to an aromatic ring is 1. The van der Waals surface area contributed by atoms with E-state index in [-0.39, 0.29) is 11.5 Å². The van der Waals surface area contributed by atoms with Crippen LogP contribution >= 0.6 is 11.6 Å². The van der Waals surface area contributed by atoms with Crippen molar-refractivity contribution in [3.8, 4) is 0 Å². The predicted molar refractivity (Wildman–Crippen MR) is 73.0 cm³/mol. The molecule has 6 nitrogen and oxygen atoms in total. The van der Waals surface area contributed by atoms with Crippen LogP contribution < -0.4 is 11.2 Å². The molecule has 1 aromatic heterocycles. The number of amides is 1. The first-order chi connectivity index (χ1) is 9.16. The van der Waals surface area contributed by atoms with E-state index in [4.69, 9.17) is 17.3 Å². The summed E-state index contributed by atoms with van der Waals surface area (Å²) in [7, 11) is 0. The predicted octanol–water partition coefficient (Wildman–Crippen LogP) is 1.48. The Labute approximate surface area is 114 Å². The highest BCUT2D eigenvalue weighted by molar-refractivity contribution is 6.30. The maximum absolute atomic E-state index is 11.7. The lowest BCUT2D eigenvalue weighted by molar-refractivity contribution is 0.0951. The molecule has 0 unspecified atom stereocenters. The molecule has 0 fully saturated rings. The summed E-state index contributed by atoms with van der Waals surface area (Å²) in [4.78, 5) is 19.3. The van der Waals surface area contributed by atoms with Gasteiger partial charge in [-0.1, -0.05) is 23.7 Å². The van der Waals surface area contributed by atoms with Gasteiger partial charge in [0.15, 0.2) is 11.5 Å². The number of nitrogens with zero attached hydrogens (tertiary/aromatic N) is 3. The Hall–Kier alpha value is -2.47. The van der Waals surface area contributed by atoms with E-state index in [0.717, 1.165) is 5.56 Å². The van der Waals surface area contributed by atoms with Crippen LogP contribution in [-0.4, -0.2) is 22.1 Å². The molecule has 0 saturated heterocycles. The van der Waals surface area contributed by atoms with Crippen molar-refractivity contribution in [2.75, 3.05) is 5.73 Å². The highest BCUT2D eigenvalue weighted by atomic mass is 35.5. The Morgan fingerprint density at radius 2 is 1.95 bits per heavy atom. The highest BCUT2D eigenvalue weighted by Gasteiger charge is 2.10. The van der Waals surface area contributed by atoms with Crippen molar-refractivity contribution in [1.29, 1.82) is 0 Å². The average Bonchev–Trinajstić information content (AvgIpc) is 2.41. The molecule has 2 aromatic rings. The minimum absolute atomic E-state index is 0.0377. The Bertz CT molecular complexity index is 612. The van der Waals surface area contributed by atoms with Gasteiger partial charge in [-0.3, -0.25) is 4.79 Å². The van der Waals surface area contributed by atoms with Gasteiger partial charge in [0.2, 0.25) is 0 Å². The highest BCUT2D eigenvalue weighted by Crippen LogP contribution is 2.07. The second-order valence-electron chi connectivity index (χ2n) is 3.54. The molecule has 1 heterocycles. The van der Waals surface area contributed by atoms with E-state index in [1.807, 2.05) is 0 Å². The molecule has 0 spiro atoms. The van der Waals surface area contributed by atoms with Crippen LogP contribution in [0.1, 0.15) is 16.1 Å². The van der Waals surface area contributed by atoms with Gasteiger partial charge in [0, 0.05) is 17.4 Å². The molecule has 0 aliphatic carbocycles. The van der Waals surface area contributed by atoms with Gasteiger partial charge in [-0.05, 0) is 17.7 Å². The number of anilines is 1. The third-order valence-corrected chi connectivity index (χ3v) is 2.44. The second-order valence-corrected chi connectivity index (χ2v) is 3.98. The molecule has 1 aromatic carbocycles. The molecule has 7 heteroatoms. The smallest absolute Gasteiger partial charge is 0.293 e. The molecule has 0 saturated carbocycles. The first kappa shape index (κ1) is 13.0. The minimum atomic E-state index is -0.518. The molecular weight excluding hydrogens is 266 g/mol. The summed E-state index contributed by atoms with van der Waals surface area (Å²) < 4.78 is 0. The van der Waals surface area contributed by atoms with Crippen LogP contribution in [0.3, 0.4) is 0 Å². The lowest BCUT2D eigenvalue weighted by atomic mass is 10.2. The molecule has 1 amide bonds. The van der Waals surface area contributed by atoms with Gasteiger partial charge in [0.05, 0.1) is 6.21 Å². The van der Waals surface area contributed by atoms with Gasteiger partial charge in [0.1, 0.15) is 0 Å². The van der Waals surface area contributed by atoms with Crippen LogP contribution in [0.15, 0.2) is 41.8 Å². The number of hydrogen-bond donors (Lipinski definition) is 2. The van der Waals surface area contributed by atoms with Crippen LogP contribution in [0, 0.1) is 0 Å². The van der Waals surface area contributed by atoms with E-state index in [9.17, 15) is 4.79 Å². The maximum atomic E-state index is 11.7. The van der Waals surface area contributed by atoms with Crippen molar-refractivity contribution in [1.82, 2.24) is 15.4 Å². The van der Waals surface area contributed by atoms with Crippen molar-refractivity contribution in [2.45, 2.75) is 0 Å². The van der Waals surface area contributed by atoms with Gasteiger partial charge < -0.3 is 5.73 Å². The number of halogens is 1. The van der Waals surface area contributed by atoms with E-state index in [1.165, 1.54) is 18.6 Å². The first-order valence-electron chi connectivity index (χ1n) is 5.32. The normalized spacial score (nSPS) is 10.6. The summed E-state index contributed by atoms with van der Waals surface area (Å²) in [5, 5.41) is 4.43. The van der Waals surface area contributed by atoms with E-state index in [1.54, 1.807) is 24.3 Å². The summed E-state index contributed by atoms with van der Waals surface area (Å²) in [5.74, 6) is -0.461. The van der Waals surface area contributed by atoms with Crippen LogP contribution in [0.4, 0.5) is 5.82 Å². The van der Waals surface area contributed by atoms with Gasteiger partial charge >= 0.3 is 0 Å². The molecule has 0 atom stereocenters. The molecule has 0 aliphatic rings. The topological polar surface area (TPSA) is 93.3 Å². The number of nitrogens with two attached hydrogens (primary N) is 1. The lowest BCUT2D eigenvalue weighted by Crippen LogP contribution is -2.21. The van der Waals surface area contributed by atoms with Gasteiger partial charge in [-0.15, -0.1) is 0 Å². The molecule has 0 aliphatic heterocycles. The van der Waals surface area contributed by atoms with Gasteiger partial charge in [-0.25, -0.2) is 15.4 Å². The average molecular weight is 276 g/mol. The second kappa shape index (κ2) is 5.92. The van der Waals surface area contributed by atoms with Crippen LogP contribution in [0.5, 0.6) is 0 Å². The summed E-state index contributed by atoms with van der Waals surface area (Å²) in [6.07, 6.45) is 4.28. The zero-order valence-electron chi connectivity index (χ0n) is 9.75. The minimum Gasteiger partial charge on any atom is -0.382 e. The fraction of sp³-hybridized carbons (Fsp3) is 0. The largest absolute Gasteiger partial charge is 0.382 e. The van der Waals surface area contributed by atoms with Gasteiger partial charge in [-0.2, -0.15) is 5.10 Å². The number of nitrogens with one attached hydrogen (secondary N) is 1. The van der Waals surface area contributed by atoms with E-state index >= 15 is 0 Å². The fourth-order valence-corrected chi connectivity index (χ4v) is 1.42. The zero-order chi connectivity index (χ0) is 13.7. The Morgan fingerprint density at radius 3 is 2.63 bits per heavy atom. The molecule has 3 N–H and O–H groups in total. The van der Waals surface area contributed by atoms with E-state index < -0.39 is 5.91 Å². The van der Waals surface area contributed by atoms with E-state index in [2.05, 4.69) is 20.5 Å². The van der Waals surface area contributed by atoms with Crippen molar-refractivity contribution in [3.05, 3.63) is 52.9 Å². The SMILES string of the molecule is Nc1nccnc1C(=O)N/N=C\c1ccc(Cl)cc1. The lowest BCUT2D eigenvalue weighted by Gasteiger charge is -2.00. The first-order valence-corrected chi connectivity index (χ1v) is 5.70. The summed E-state index contributed by atoms with van der Waals surface area (Å²) in [6, 6.07) is 7.00. The summed E-state index contributed by atoms with van der Waals surface area (Å²) in [6.45, 7) is 0. The monoisotopic (exact) mass is 275 g/mol. The van der Waals surface area contributed by atoms with Crippen molar-refractivity contribution >= 4 is 29.5 Å². The van der Waals surface area contributed by atoms with Crippen molar-refractivity contribution in [2.24, 2.45) is 5.10 Å². The van der Waals surface area contributed by atoms with Crippen molar-refractivity contribution < 1.29 is 4.79 Å². The Kier molecular flexibility index (Phi) is 4.04. The number of hydrogen-bond acceptors (Lipinski definition) is 5. The Morgan fingerprint density at radius 1 is 1.26 bits per heavy atom. The van der Waals surface area contributed by atoms with Crippen LogP contribution in [-0.2, 0) is 0 Å². The third kappa shape index (κ3) is 3.49. The molecule has 2 rings (SSSR count). The third-order valence-electron chi connectivity index (χ3n) is 2.19. The zero-order valence-corrected chi connectivity index (χ0v) is 10.5. The molecular formula is C12H10ClN5O. The van der Waals surface area contributed by atoms with Crippen LogP contribution in [0.2, 0.25) is 5.02 Å². The number of benzene rings is 1. The van der Waals surface area contributed by atoms with E-state index in [0.29, 0.717) is 5.02 Å². The molecule has 96 valence electrons. The molecule has 19 heavy (non-hydrogen) atoms. The maximum Gasteiger partial charge on any atom is 0.293 e. The molecule has 0 bridgehead atoms. The number of rotatable bonds is 3. The number of carbonyl (C=O) groups is 1. The summed E-state index contributed by atoms with van der Waals surface area (Å²) in [5.41, 5.74) is 8.68.